The largest absolute Gasteiger partial charge is 0.358 e. The van der Waals surface area contributed by atoms with E-state index in [-0.39, 0.29) is 5.72 Å². The summed E-state index contributed by atoms with van der Waals surface area (Å²) in [4.78, 5) is 0. The Hall–Kier alpha value is -0.0800. The maximum Gasteiger partial charge on any atom is 0.117 e. The highest BCUT2D eigenvalue weighted by Gasteiger charge is 2.49. The van der Waals surface area contributed by atoms with Crippen molar-refractivity contribution >= 4 is 0 Å². The lowest BCUT2D eigenvalue weighted by molar-refractivity contribution is -0.216. The molecule has 0 aromatic rings. The van der Waals surface area contributed by atoms with Crippen LogP contribution in [0.1, 0.15) is 32.1 Å². The van der Waals surface area contributed by atoms with Gasteiger partial charge in [0.05, 0.1) is 6.10 Å². The fourth-order valence-corrected chi connectivity index (χ4v) is 3.42. The Morgan fingerprint density at radius 2 is 1.73 bits per heavy atom. The summed E-state index contributed by atoms with van der Waals surface area (Å²) in [6, 6.07) is 0. The molecule has 4 rings (SSSR count). The summed E-state index contributed by atoms with van der Waals surface area (Å²) in [7, 11) is 0. The SMILES string of the molecule is NC12C[C@@H]3CC(C[C@@H](C3)C1)O2. The molecule has 2 unspecified atom stereocenters. The fraction of sp³-hybridized carbons (Fsp3) is 1.00. The molecule has 0 radical (unpaired) electrons. The summed E-state index contributed by atoms with van der Waals surface area (Å²) in [6.45, 7) is 0. The predicted octanol–water partition coefficient (Wildman–Crippen LogP) is 1.25. The van der Waals surface area contributed by atoms with Crippen LogP contribution in [0.15, 0.2) is 0 Å². The molecule has 2 aliphatic carbocycles. The van der Waals surface area contributed by atoms with E-state index in [0.717, 1.165) is 24.7 Å². The third-order valence-electron chi connectivity index (χ3n) is 3.53. The zero-order valence-corrected chi connectivity index (χ0v) is 6.75. The number of rotatable bonds is 0. The molecule has 4 fully saturated rings. The molecule has 0 amide bonds. The van der Waals surface area contributed by atoms with Gasteiger partial charge >= 0.3 is 0 Å². The Morgan fingerprint density at radius 1 is 1.09 bits per heavy atom. The van der Waals surface area contributed by atoms with Gasteiger partial charge in [0.1, 0.15) is 5.72 Å². The van der Waals surface area contributed by atoms with Gasteiger partial charge in [-0.05, 0) is 43.9 Å². The Labute approximate surface area is 67.1 Å². The first kappa shape index (κ1) is 6.44. The van der Waals surface area contributed by atoms with Crippen LogP contribution < -0.4 is 5.73 Å². The van der Waals surface area contributed by atoms with Gasteiger partial charge in [0.2, 0.25) is 0 Å². The van der Waals surface area contributed by atoms with E-state index in [0.29, 0.717) is 6.10 Å². The molecular formula is C9H15NO. The third kappa shape index (κ3) is 0.859. The van der Waals surface area contributed by atoms with Gasteiger partial charge in [0, 0.05) is 0 Å². The molecule has 2 N–H and O–H groups in total. The highest BCUT2D eigenvalue weighted by atomic mass is 16.5. The topological polar surface area (TPSA) is 35.2 Å². The average molecular weight is 153 g/mol. The van der Waals surface area contributed by atoms with Crippen LogP contribution in [-0.4, -0.2) is 11.8 Å². The maximum atomic E-state index is 6.10. The molecule has 2 saturated heterocycles. The maximum absolute atomic E-state index is 6.10. The number of hydrogen-bond acceptors (Lipinski definition) is 2. The summed E-state index contributed by atoms with van der Waals surface area (Å²) in [5.41, 5.74) is 5.90. The highest BCUT2D eigenvalue weighted by Crippen LogP contribution is 2.50. The van der Waals surface area contributed by atoms with E-state index < -0.39 is 0 Å². The Balaban J connectivity index is 1.94. The summed E-state index contributed by atoms with van der Waals surface area (Å²) >= 11 is 0. The molecule has 4 aliphatic rings. The standard InChI is InChI=1S/C9H15NO/c10-9-4-6-1-7(5-9)3-8(2-6)11-9/h6-8H,1-5,10H2/t6-,7+,8?,9?. The second kappa shape index (κ2) is 1.80. The molecule has 4 atom stereocenters. The van der Waals surface area contributed by atoms with Crippen LogP contribution in [0.2, 0.25) is 0 Å². The second-order valence-corrected chi connectivity index (χ2v) is 4.65. The van der Waals surface area contributed by atoms with Gasteiger partial charge < -0.3 is 10.5 Å². The molecule has 2 aliphatic heterocycles. The van der Waals surface area contributed by atoms with Crippen LogP contribution in [-0.2, 0) is 4.74 Å². The van der Waals surface area contributed by atoms with Gasteiger partial charge in [-0.3, -0.25) is 0 Å². The minimum absolute atomic E-state index is 0.200. The van der Waals surface area contributed by atoms with E-state index in [1.807, 2.05) is 0 Å². The van der Waals surface area contributed by atoms with E-state index in [1.165, 1.54) is 19.3 Å². The first-order valence-corrected chi connectivity index (χ1v) is 4.70. The summed E-state index contributed by atoms with van der Waals surface area (Å²) in [5, 5.41) is 0. The Morgan fingerprint density at radius 3 is 2.18 bits per heavy atom. The van der Waals surface area contributed by atoms with E-state index in [2.05, 4.69) is 0 Å². The molecule has 4 bridgehead atoms. The molecule has 2 saturated carbocycles. The molecule has 2 nitrogen and oxygen atoms in total. The number of hydrogen-bond donors (Lipinski definition) is 1. The van der Waals surface area contributed by atoms with Crippen LogP contribution in [0.3, 0.4) is 0 Å². The normalized spacial score (nSPS) is 60.3. The van der Waals surface area contributed by atoms with Crippen LogP contribution in [0.4, 0.5) is 0 Å². The smallest absolute Gasteiger partial charge is 0.117 e. The lowest BCUT2D eigenvalue weighted by Gasteiger charge is -2.54. The van der Waals surface area contributed by atoms with Gasteiger partial charge in [0.25, 0.3) is 0 Å². The average Bonchev–Trinajstić information content (AvgIpc) is 1.79. The van der Waals surface area contributed by atoms with Crippen LogP contribution >= 0.6 is 0 Å². The van der Waals surface area contributed by atoms with Crippen molar-refractivity contribution in [1.29, 1.82) is 0 Å². The van der Waals surface area contributed by atoms with Gasteiger partial charge in [-0.15, -0.1) is 0 Å². The molecule has 0 aromatic heterocycles. The fourth-order valence-electron chi connectivity index (χ4n) is 3.42. The molecule has 0 spiro atoms. The minimum Gasteiger partial charge on any atom is -0.358 e. The summed E-state index contributed by atoms with van der Waals surface area (Å²) in [5.74, 6) is 1.79. The van der Waals surface area contributed by atoms with Gasteiger partial charge in [-0.1, -0.05) is 0 Å². The summed E-state index contributed by atoms with van der Waals surface area (Å²) in [6.07, 6.45) is 6.77. The van der Waals surface area contributed by atoms with E-state index in [4.69, 9.17) is 10.5 Å². The number of nitrogens with two attached hydrogens (primary N) is 1. The highest BCUT2D eigenvalue weighted by molar-refractivity contribution is 4.98. The van der Waals surface area contributed by atoms with E-state index >= 15 is 0 Å². The van der Waals surface area contributed by atoms with Crippen LogP contribution in [0.5, 0.6) is 0 Å². The predicted molar refractivity (Wildman–Crippen MR) is 41.9 cm³/mol. The first-order valence-electron chi connectivity index (χ1n) is 4.70. The molecule has 2 heterocycles. The minimum atomic E-state index is -0.200. The molecule has 0 aromatic carbocycles. The van der Waals surface area contributed by atoms with Gasteiger partial charge in [-0.25, -0.2) is 0 Å². The van der Waals surface area contributed by atoms with Gasteiger partial charge in [0.15, 0.2) is 0 Å². The van der Waals surface area contributed by atoms with Crippen LogP contribution in [0.25, 0.3) is 0 Å². The van der Waals surface area contributed by atoms with Crippen molar-refractivity contribution in [3.63, 3.8) is 0 Å². The van der Waals surface area contributed by atoms with Crippen molar-refractivity contribution < 1.29 is 4.74 Å². The lowest BCUT2D eigenvalue weighted by Crippen LogP contribution is -2.59. The first-order chi connectivity index (χ1) is 5.23. The Kier molecular flexibility index (Phi) is 1.06. The molecular weight excluding hydrogens is 138 g/mol. The van der Waals surface area contributed by atoms with Crippen molar-refractivity contribution in [2.45, 2.75) is 43.9 Å². The molecule has 2 heteroatoms. The summed E-state index contributed by atoms with van der Waals surface area (Å²) < 4.78 is 5.79. The van der Waals surface area contributed by atoms with Crippen molar-refractivity contribution in [2.24, 2.45) is 17.6 Å². The van der Waals surface area contributed by atoms with Crippen molar-refractivity contribution in [1.82, 2.24) is 0 Å². The van der Waals surface area contributed by atoms with Crippen molar-refractivity contribution in [3.8, 4) is 0 Å². The zero-order valence-electron chi connectivity index (χ0n) is 6.75. The van der Waals surface area contributed by atoms with Crippen molar-refractivity contribution in [3.05, 3.63) is 0 Å². The van der Waals surface area contributed by atoms with E-state index in [1.54, 1.807) is 0 Å². The van der Waals surface area contributed by atoms with Crippen molar-refractivity contribution in [2.75, 3.05) is 0 Å². The quantitative estimate of drug-likeness (QED) is 0.568. The molecule has 62 valence electrons. The molecule has 11 heavy (non-hydrogen) atoms. The van der Waals surface area contributed by atoms with Crippen LogP contribution in [0, 0.1) is 11.8 Å². The lowest BCUT2D eigenvalue weighted by atomic mass is 9.65. The monoisotopic (exact) mass is 153 g/mol. The van der Waals surface area contributed by atoms with Gasteiger partial charge in [-0.2, -0.15) is 0 Å². The third-order valence-corrected chi connectivity index (χ3v) is 3.53. The number of ether oxygens (including phenoxy) is 1. The Bertz CT molecular complexity index is 155. The zero-order chi connectivity index (χ0) is 7.47. The van der Waals surface area contributed by atoms with E-state index in [9.17, 15) is 0 Å². The second-order valence-electron chi connectivity index (χ2n) is 4.65.